The van der Waals surface area contributed by atoms with E-state index in [2.05, 4.69) is 0 Å². The Balaban J connectivity index is 3.74. The summed E-state index contributed by atoms with van der Waals surface area (Å²) in [6.45, 7) is 0. The summed E-state index contributed by atoms with van der Waals surface area (Å²) in [6.07, 6.45) is 0.366. The summed E-state index contributed by atoms with van der Waals surface area (Å²) in [5.41, 5.74) is 0. The second-order valence-corrected chi connectivity index (χ2v) is 1.79. The van der Waals surface area contributed by atoms with E-state index in [0.29, 0.717) is 0 Å². The fraction of sp³-hybridized carbons (Fsp3) is 0.333. The highest BCUT2D eigenvalue weighted by Crippen LogP contribution is 2.00. The van der Waals surface area contributed by atoms with E-state index in [-0.39, 0.29) is 12.8 Å². The first-order valence-electron chi connectivity index (χ1n) is 2.84. The van der Waals surface area contributed by atoms with Crippen molar-refractivity contribution >= 4 is 11.9 Å². The molecule has 4 nitrogen and oxygen atoms in total. The molecule has 0 aliphatic carbocycles. The second kappa shape index (κ2) is 4.43. The van der Waals surface area contributed by atoms with E-state index in [1.807, 2.05) is 0 Å². The molecule has 0 aromatic rings. The Labute approximate surface area is 62.0 Å². The number of rotatable bonds is 4. The Hall–Kier alpha value is -1.39. The summed E-state index contributed by atoms with van der Waals surface area (Å²) in [5.74, 6) is -4.07. The number of hydrogen-bond donors (Lipinski definition) is 2. The van der Waals surface area contributed by atoms with Crippen molar-refractivity contribution in [1.29, 1.82) is 0 Å². The van der Waals surface area contributed by atoms with Gasteiger partial charge in [0.2, 0.25) is 5.83 Å². The molecular weight excluding hydrogens is 155 g/mol. The van der Waals surface area contributed by atoms with Crippen LogP contribution in [0.5, 0.6) is 0 Å². The monoisotopic (exact) mass is 162 g/mol. The summed E-state index contributed by atoms with van der Waals surface area (Å²) in [4.78, 5) is 19.6. The van der Waals surface area contributed by atoms with Crippen LogP contribution in [0.25, 0.3) is 0 Å². The average Bonchev–Trinajstić information content (AvgIpc) is 1.86. The second-order valence-electron chi connectivity index (χ2n) is 1.79. The van der Waals surface area contributed by atoms with E-state index < -0.39 is 17.8 Å². The molecule has 2 N–H and O–H groups in total. The molecule has 0 amide bonds. The summed E-state index contributed by atoms with van der Waals surface area (Å²) in [6, 6.07) is 0. The van der Waals surface area contributed by atoms with E-state index >= 15 is 0 Å². The van der Waals surface area contributed by atoms with Crippen LogP contribution < -0.4 is 0 Å². The number of carboxylic acids is 2. The summed E-state index contributed by atoms with van der Waals surface area (Å²) in [5, 5.41) is 16.0. The Morgan fingerprint density at radius 1 is 1.36 bits per heavy atom. The average molecular weight is 162 g/mol. The van der Waals surface area contributed by atoms with Crippen molar-refractivity contribution in [2.45, 2.75) is 12.8 Å². The van der Waals surface area contributed by atoms with Gasteiger partial charge >= 0.3 is 11.9 Å². The van der Waals surface area contributed by atoms with Crippen molar-refractivity contribution in [3.8, 4) is 0 Å². The molecule has 0 spiro atoms. The van der Waals surface area contributed by atoms with E-state index in [4.69, 9.17) is 10.2 Å². The highest BCUT2D eigenvalue weighted by Gasteiger charge is 2.04. The zero-order valence-electron chi connectivity index (χ0n) is 5.58. The van der Waals surface area contributed by atoms with Crippen molar-refractivity contribution < 1.29 is 24.2 Å². The predicted octanol–water partition coefficient (Wildman–Crippen LogP) is 0.789. The number of carboxylic acid groups (broad SMARTS) is 2. The number of halogens is 1. The summed E-state index contributed by atoms with van der Waals surface area (Å²) in [7, 11) is 0. The highest BCUT2D eigenvalue weighted by molar-refractivity contribution is 5.83. The van der Waals surface area contributed by atoms with Crippen molar-refractivity contribution in [2.24, 2.45) is 0 Å². The predicted molar refractivity (Wildman–Crippen MR) is 33.7 cm³/mol. The molecule has 0 bridgehead atoms. The van der Waals surface area contributed by atoms with E-state index in [1.165, 1.54) is 0 Å². The van der Waals surface area contributed by atoms with Crippen LogP contribution in [0.4, 0.5) is 4.39 Å². The molecular formula is C6H7FO4. The van der Waals surface area contributed by atoms with Gasteiger partial charge in [0.05, 0.1) is 0 Å². The standard InChI is InChI=1S/C6H7FO4/c7-4(6(10)11)2-1-3-5(8)9/h2H,1,3H2,(H,8,9)(H,10,11)/b4-2+. The summed E-state index contributed by atoms with van der Waals surface area (Å²) < 4.78 is 12.0. The molecule has 0 aliphatic heterocycles. The maximum atomic E-state index is 12.0. The van der Waals surface area contributed by atoms with Crippen LogP contribution in [0.3, 0.4) is 0 Å². The molecule has 62 valence electrons. The van der Waals surface area contributed by atoms with Crippen LogP contribution in [0.15, 0.2) is 11.9 Å². The maximum absolute atomic E-state index is 12.0. The number of hydrogen-bond acceptors (Lipinski definition) is 2. The van der Waals surface area contributed by atoms with Gasteiger partial charge < -0.3 is 10.2 Å². The Kier molecular flexibility index (Phi) is 3.87. The van der Waals surface area contributed by atoms with Gasteiger partial charge in [0.1, 0.15) is 0 Å². The smallest absolute Gasteiger partial charge is 0.364 e. The molecule has 0 aromatic heterocycles. The lowest BCUT2D eigenvalue weighted by Crippen LogP contribution is -1.96. The van der Waals surface area contributed by atoms with Crippen LogP contribution in [-0.2, 0) is 9.59 Å². The van der Waals surface area contributed by atoms with Crippen molar-refractivity contribution in [3.05, 3.63) is 11.9 Å². The Morgan fingerprint density at radius 3 is 2.27 bits per heavy atom. The molecule has 0 fully saturated rings. The highest BCUT2D eigenvalue weighted by atomic mass is 19.1. The molecule has 5 heteroatoms. The van der Waals surface area contributed by atoms with Gasteiger partial charge in [0.25, 0.3) is 0 Å². The third-order valence-electron chi connectivity index (χ3n) is 0.886. The fourth-order valence-corrected chi connectivity index (χ4v) is 0.410. The van der Waals surface area contributed by atoms with Crippen LogP contribution >= 0.6 is 0 Å². The lowest BCUT2D eigenvalue weighted by atomic mass is 10.3. The van der Waals surface area contributed by atoms with Gasteiger partial charge in [-0.25, -0.2) is 4.79 Å². The van der Waals surface area contributed by atoms with E-state index in [1.54, 1.807) is 0 Å². The lowest BCUT2D eigenvalue weighted by molar-refractivity contribution is -0.137. The molecule has 0 aromatic carbocycles. The minimum Gasteiger partial charge on any atom is -0.481 e. The lowest BCUT2D eigenvalue weighted by Gasteiger charge is -1.88. The van der Waals surface area contributed by atoms with Crippen molar-refractivity contribution in [2.75, 3.05) is 0 Å². The quantitative estimate of drug-likeness (QED) is 0.599. The molecule has 0 unspecified atom stereocenters. The molecule has 0 radical (unpaired) electrons. The Bertz CT molecular complexity index is 197. The minimum atomic E-state index is -1.67. The molecule has 11 heavy (non-hydrogen) atoms. The molecule has 0 atom stereocenters. The van der Waals surface area contributed by atoms with Gasteiger partial charge in [-0.3, -0.25) is 4.79 Å². The molecule has 0 saturated carbocycles. The van der Waals surface area contributed by atoms with E-state index in [0.717, 1.165) is 6.08 Å². The topological polar surface area (TPSA) is 74.6 Å². The largest absolute Gasteiger partial charge is 0.481 e. The Morgan fingerprint density at radius 2 is 1.91 bits per heavy atom. The number of carbonyl (C=O) groups is 2. The van der Waals surface area contributed by atoms with Crippen molar-refractivity contribution in [1.82, 2.24) is 0 Å². The van der Waals surface area contributed by atoms with Crippen LogP contribution in [0, 0.1) is 0 Å². The number of aliphatic carboxylic acids is 2. The van der Waals surface area contributed by atoms with Crippen molar-refractivity contribution in [3.63, 3.8) is 0 Å². The fourth-order valence-electron chi connectivity index (χ4n) is 0.410. The maximum Gasteiger partial charge on any atom is 0.364 e. The molecule has 0 heterocycles. The van der Waals surface area contributed by atoms with Gasteiger partial charge in [0.15, 0.2) is 0 Å². The van der Waals surface area contributed by atoms with E-state index in [9.17, 15) is 14.0 Å². The first-order valence-corrected chi connectivity index (χ1v) is 2.84. The SMILES string of the molecule is O=C(O)CC/C=C(/F)C(=O)O. The zero-order chi connectivity index (χ0) is 8.85. The normalized spacial score (nSPS) is 11.2. The first-order chi connectivity index (χ1) is 5.04. The third-order valence-corrected chi connectivity index (χ3v) is 0.886. The van der Waals surface area contributed by atoms with Gasteiger partial charge in [-0.1, -0.05) is 0 Å². The molecule has 0 aliphatic rings. The zero-order valence-corrected chi connectivity index (χ0v) is 5.58. The van der Waals surface area contributed by atoms with Crippen LogP contribution in [0.1, 0.15) is 12.8 Å². The molecule has 0 rings (SSSR count). The first kappa shape index (κ1) is 9.61. The van der Waals surface area contributed by atoms with Gasteiger partial charge in [-0.15, -0.1) is 0 Å². The van der Waals surface area contributed by atoms with Gasteiger partial charge in [-0.05, 0) is 12.5 Å². The molecule has 0 saturated heterocycles. The minimum absolute atomic E-state index is 0.104. The van der Waals surface area contributed by atoms with Crippen LogP contribution in [0.2, 0.25) is 0 Å². The third kappa shape index (κ3) is 5.07. The number of allylic oxidation sites excluding steroid dienone is 1. The van der Waals surface area contributed by atoms with Crippen LogP contribution in [-0.4, -0.2) is 22.2 Å². The van der Waals surface area contributed by atoms with Gasteiger partial charge in [0, 0.05) is 6.42 Å². The summed E-state index contributed by atoms with van der Waals surface area (Å²) >= 11 is 0. The van der Waals surface area contributed by atoms with Gasteiger partial charge in [-0.2, -0.15) is 4.39 Å².